The van der Waals surface area contributed by atoms with Crippen molar-refractivity contribution in [2.45, 2.75) is 64.5 Å². The molecule has 0 spiro atoms. The minimum absolute atomic E-state index is 0.00356. The molecule has 4 heteroatoms. The second-order valence-electron chi connectivity index (χ2n) is 9.11. The number of hydrogen-bond donors (Lipinski definition) is 0. The van der Waals surface area contributed by atoms with E-state index in [4.69, 9.17) is 0 Å². The van der Waals surface area contributed by atoms with Crippen LogP contribution in [0, 0.1) is 0 Å². The van der Waals surface area contributed by atoms with Crippen LogP contribution in [0.2, 0.25) is 0 Å². The van der Waals surface area contributed by atoms with Gasteiger partial charge in [0.15, 0.2) is 0 Å². The van der Waals surface area contributed by atoms with Crippen LogP contribution in [0.1, 0.15) is 74.3 Å². The van der Waals surface area contributed by atoms with Gasteiger partial charge in [-0.2, -0.15) is 0 Å². The first-order valence-electron chi connectivity index (χ1n) is 12.5. The van der Waals surface area contributed by atoms with Crippen molar-refractivity contribution in [3.05, 3.63) is 96.1 Å². The summed E-state index contributed by atoms with van der Waals surface area (Å²) in [6.07, 6.45) is 5.49. The van der Waals surface area contributed by atoms with Gasteiger partial charge in [0.2, 0.25) is 5.91 Å². The first-order valence-corrected chi connectivity index (χ1v) is 12.5. The average molecular weight is 455 g/mol. The van der Waals surface area contributed by atoms with Crippen LogP contribution in [-0.2, 0) is 4.79 Å². The molecule has 0 aromatic heterocycles. The molecule has 0 radical (unpaired) electrons. The molecule has 0 aliphatic carbocycles. The molecule has 0 bridgehead atoms. The summed E-state index contributed by atoms with van der Waals surface area (Å²) < 4.78 is 0. The molecule has 3 aromatic carbocycles. The van der Waals surface area contributed by atoms with Crippen LogP contribution < -0.4 is 9.80 Å². The van der Waals surface area contributed by atoms with Crippen LogP contribution >= 0.6 is 0 Å². The fourth-order valence-electron chi connectivity index (χ4n) is 4.97. The molecule has 1 aliphatic rings. The van der Waals surface area contributed by atoms with Crippen molar-refractivity contribution in [3.8, 4) is 0 Å². The van der Waals surface area contributed by atoms with Crippen molar-refractivity contribution in [3.63, 3.8) is 0 Å². The van der Waals surface area contributed by atoms with Crippen LogP contribution in [0.3, 0.4) is 0 Å². The molecule has 0 saturated heterocycles. The summed E-state index contributed by atoms with van der Waals surface area (Å²) in [6.45, 7) is 4.26. The number of carbonyl (C=O) groups is 2. The van der Waals surface area contributed by atoms with Crippen molar-refractivity contribution >= 4 is 23.2 Å². The number of para-hydroxylation sites is 2. The maximum Gasteiger partial charge on any atom is 0.258 e. The second-order valence-corrected chi connectivity index (χ2v) is 9.11. The monoisotopic (exact) mass is 454 g/mol. The van der Waals surface area contributed by atoms with E-state index in [1.807, 2.05) is 88.7 Å². The lowest BCUT2D eigenvalue weighted by Crippen LogP contribution is -2.47. The number of hydrogen-bond acceptors (Lipinski definition) is 2. The van der Waals surface area contributed by atoms with Gasteiger partial charge < -0.3 is 9.80 Å². The number of fused-ring (bicyclic) bond motifs is 1. The standard InChI is InChI=1S/C30H34N2O2/c1-3-4-5-12-21-29(33)32(25-17-10-7-11-18-25)28-22-23(2)31(27-20-14-13-19-26(27)28)30(34)24-15-8-6-9-16-24/h6-11,13-20,23,28H,3-5,12,21-22H2,1-2H3/t23-,28+/m1/s1. The van der Waals surface area contributed by atoms with Gasteiger partial charge in [0.25, 0.3) is 5.91 Å². The van der Waals surface area contributed by atoms with E-state index in [-0.39, 0.29) is 23.9 Å². The van der Waals surface area contributed by atoms with Crippen LogP contribution in [0.15, 0.2) is 84.9 Å². The number of carbonyl (C=O) groups excluding carboxylic acids is 2. The van der Waals surface area contributed by atoms with Crippen molar-refractivity contribution in [1.29, 1.82) is 0 Å². The Hall–Kier alpha value is -3.40. The highest BCUT2D eigenvalue weighted by atomic mass is 16.2. The molecule has 3 aromatic rings. The first-order chi connectivity index (χ1) is 16.6. The smallest absolute Gasteiger partial charge is 0.258 e. The van der Waals surface area contributed by atoms with Crippen LogP contribution in [0.25, 0.3) is 0 Å². The lowest BCUT2D eigenvalue weighted by molar-refractivity contribution is -0.119. The van der Waals surface area contributed by atoms with Crippen LogP contribution in [0.4, 0.5) is 11.4 Å². The summed E-state index contributed by atoms with van der Waals surface area (Å²) >= 11 is 0. The molecule has 0 unspecified atom stereocenters. The van der Waals surface area contributed by atoms with Gasteiger partial charge in [-0.1, -0.05) is 80.8 Å². The SMILES string of the molecule is CCCCCCC(=O)N(c1ccccc1)[C@H]1C[C@@H](C)N(C(=O)c2ccccc2)c2ccccc21. The van der Waals surface area contributed by atoms with Gasteiger partial charge >= 0.3 is 0 Å². The van der Waals surface area contributed by atoms with Crippen molar-refractivity contribution < 1.29 is 9.59 Å². The first kappa shape index (κ1) is 23.7. The van der Waals surface area contributed by atoms with E-state index < -0.39 is 0 Å². The van der Waals surface area contributed by atoms with Gasteiger partial charge in [-0.25, -0.2) is 0 Å². The Morgan fingerprint density at radius 3 is 2.21 bits per heavy atom. The van der Waals surface area contributed by atoms with Gasteiger partial charge in [0, 0.05) is 29.4 Å². The molecule has 4 rings (SSSR count). The Labute approximate surface area is 203 Å². The molecule has 4 nitrogen and oxygen atoms in total. The molecule has 0 N–H and O–H groups in total. The Morgan fingerprint density at radius 1 is 0.853 bits per heavy atom. The Morgan fingerprint density at radius 2 is 1.50 bits per heavy atom. The molecule has 0 saturated carbocycles. The second kappa shape index (κ2) is 11.1. The summed E-state index contributed by atoms with van der Waals surface area (Å²) in [5.41, 5.74) is 3.50. The largest absolute Gasteiger partial charge is 0.305 e. The molecule has 1 heterocycles. The zero-order valence-corrected chi connectivity index (χ0v) is 20.2. The van der Waals surface area contributed by atoms with E-state index in [0.29, 0.717) is 18.4 Å². The van der Waals surface area contributed by atoms with Gasteiger partial charge in [0.05, 0.1) is 6.04 Å². The number of nitrogens with zero attached hydrogens (tertiary/aromatic N) is 2. The van der Waals surface area contributed by atoms with Gasteiger partial charge in [0.1, 0.15) is 0 Å². The number of unbranched alkanes of at least 4 members (excludes halogenated alkanes) is 3. The molecule has 176 valence electrons. The maximum atomic E-state index is 13.6. The number of amides is 2. The maximum absolute atomic E-state index is 13.6. The summed E-state index contributed by atoms with van der Waals surface area (Å²) in [5.74, 6) is 0.147. The minimum atomic E-state index is -0.118. The van der Waals surface area contributed by atoms with Gasteiger partial charge in [-0.3, -0.25) is 9.59 Å². The van der Waals surface area contributed by atoms with Gasteiger partial charge in [-0.05, 0) is 55.7 Å². The lowest BCUT2D eigenvalue weighted by atomic mass is 9.89. The highest BCUT2D eigenvalue weighted by Crippen LogP contribution is 2.43. The number of benzene rings is 3. The molecule has 1 aliphatic heterocycles. The summed E-state index contributed by atoms with van der Waals surface area (Å²) in [5, 5.41) is 0. The molecule has 0 fully saturated rings. The van der Waals surface area contributed by atoms with Gasteiger partial charge in [-0.15, -0.1) is 0 Å². The molecule has 2 amide bonds. The fraction of sp³-hybridized carbons (Fsp3) is 0.333. The van der Waals surface area contributed by atoms with E-state index in [2.05, 4.69) is 19.9 Å². The van der Waals surface area contributed by atoms with Crippen LogP contribution in [0.5, 0.6) is 0 Å². The third-order valence-electron chi connectivity index (χ3n) is 6.66. The molecular weight excluding hydrogens is 420 g/mol. The van der Waals surface area contributed by atoms with Crippen LogP contribution in [-0.4, -0.2) is 17.9 Å². The Kier molecular flexibility index (Phi) is 7.79. The van der Waals surface area contributed by atoms with E-state index in [9.17, 15) is 9.59 Å². The number of rotatable bonds is 8. The van der Waals surface area contributed by atoms with Crippen molar-refractivity contribution in [1.82, 2.24) is 0 Å². The van der Waals surface area contributed by atoms with E-state index in [0.717, 1.165) is 42.6 Å². The average Bonchev–Trinajstić information content (AvgIpc) is 2.88. The van der Waals surface area contributed by atoms with Crippen molar-refractivity contribution in [2.75, 3.05) is 9.80 Å². The Balaban J connectivity index is 1.70. The quantitative estimate of drug-likeness (QED) is 0.339. The third-order valence-corrected chi connectivity index (χ3v) is 6.66. The minimum Gasteiger partial charge on any atom is -0.305 e. The Bertz CT molecular complexity index is 1100. The van der Waals surface area contributed by atoms with E-state index in [1.54, 1.807) is 0 Å². The zero-order valence-electron chi connectivity index (χ0n) is 20.2. The summed E-state index contributed by atoms with van der Waals surface area (Å²) in [6, 6.07) is 27.3. The summed E-state index contributed by atoms with van der Waals surface area (Å²) in [4.78, 5) is 31.0. The zero-order chi connectivity index (χ0) is 23.9. The van der Waals surface area contributed by atoms with E-state index in [1.165, 1.54) is 0 Å². The molecular formula is C30H34N2O2. The number of anilines is 2. The highest BCUT2D eigenvalue weighted by Gasteiger charge is 2.38. The van der Waals surface area contributed by atoms with E-state index >= 15 is 0 Å². The predicted molar refractivity (Wildman–Crippen MR) is 139 cm³/mol. The highest BCUT2D eigenvalue weighted by molar-refractivity contribution is 6.07. The third kappa shape index (κ3) is 5.06. The normalized spacial score (nSPS) is 17.2. The topological polar surface area (TPSA) is 40.6 Å². The summed E-state index contributed by atoms with van der Waals surface area (Å²) in [7, 11) is 0. The lowest BCUT2D eigenvalue weighted by Gasteiger charge is -2.43. The molecule has 2 atom stereocenters. The fourth-order valence-corrected chi connectivity index (χ4v) is 4.97. The molecule has 34 heavy (non-hydrogen) atoms. The predicted octanol–water partition coefficient (Wildman–Crippen LogP) is 7.17. The van der Waals surface area contributed by atoms with Crippen molar-refractivity contribution in [2.24, 2.45) is 0 Å².